The van der Waals surface area contributed by atoms with Crippen LogP contribution in [0.3, 0.4) is 0 Å². The van der Waals surface area contributed by atoms with E-state index in [0.717, 1.165) is 44.3 Å². The third-order valence-electron chi connectivity index (χ3n) is 4.74. The molecule has 0 radical (unpaired) electrons. The van der Waals surface area contributed by atoms with Crippen molar-refractivity contribution in [1.82, 2.24) is 9.21 Å². The first-order valence-corrected chi connectivity index (χ1v) is 9.98. The van der Waals surface area contributed by atoms with E-state index in [0.29, 0.717) is 13.1 Å². The lowest BCUT2D eigenvalue weighted by atomic mass is 9.98. The highest BCUT2D eigenvalue weighted by atomic mass is 32.2. The lowest BCUT2D eigenvalue weighted by Crippen LogP contribution is -2.46. The lowest BCUT2D eigenvalue weighted by molar-refractivity contribution is -0.135. The van der Waals surface area contributed by atoms with Gasteiger partial charge in [-0.3, -0.25) is 4.79 Å². The summed E-state index contributed by atoms with van der Waals surface area (Å²) in [4.78, 5) is 14.4. The number of rotatable bonds is 4. The Morgan fingerprint density at radius 2 is 1.74 bits per heavy atom. The Hall–Kier alpha value is -1.40. The molecule has 0 N–H and O–H groups in total. The van der Waals surface area contributed by atoms with E-state index in [1.54, 1.807) is 0 Å². The van der Waals surface area contributed by atoms with Crippen molar-refractivity contribution in [3.63, 3.8) is 0 Å². The van der Waals surface area contributed by atoms with Gasteiger partial charge in [0.25, 0.3) is 0 Å². The van der Waals surface area contributed by atoms with E-state index in [1.165, 1.54) is 4.31 Å². The second-order valence-corrected chi connectivity index (χ2v) is 8.44. The second kappa shape index (κ2) is 7.01. The SMILES string of the molecule is O=C([C@@H]1CCCN(S(=O)(=O)Cc2ccccc2)C1)N1CCCC1. The molecule has 5 nitrogen and oxygen atoms in total. The largest absolute Gasteiger partial charge is 0.342 e. The van der Waals surface area contributed by atoms with Crippen LogP contribution in [0.4, 0.5) is 0 Å². The zero-order valence-corrected chi connectivity index (χ0v) is 14.2. The first kappa shape index (κ1) is 16.5. The minimum atomic E-state index is -3.36. The van der Waals surface area contributed by atoms with Crippen LogP contribution in [0, 0.1) is 5.92 Å². The van der Waals surface area contributed by atoms with Gasteiger partial charge in [-0.2, -0.15) is 0 Å². The maximum absolute atomic E-state index is 12.6. The highest BCUT2D eigenvalue weighted by Gasteiger charge is 2.34. The van der Waals surface area contributed by atoms with E-state index < -0.39 is 10.0 Å². The van der Waals surface area contributed by atoms with Crippen molar-refractivity contribution in [1.29, 1.82) is 0 Å². The molecule has 3 rings (SSSR count). The zero-order valence-electron chi connectivity index (χ0n) is 13.4. The molecule has 23 heavy (non-hydrogen) atoms. The molecule has 1 amide bonds. The van der Waals surface area contributed by atoms with Gasteiger partial charge in [-0.15, -0.1) is 0 Å². The van der Waals surface area contributed by atoms with Gasteiger partial charge in [0.1, 0.15) is 0 Å². The van der Waals surface area contributed by atoms with Crippen LogP contribution < -0.4 is 0 Å². The number of hydrogen-bond donors (Lipinski definition) is 0. The summed E-state index contributed by atoms with van der Waals surface area (Å²) >= 11 is 0. The van der Waals surface area contributed by atoms with E-state index in [1.807, 2.05) is 35.2 Å². The fraction of sp³-hybridized carbons (Fsp3) is 0.588. The molecule has 6 heteroatoms. The van der Waals surface area contributed by atoms with E-state index in [9.17, 15) is 13.2 Å². The molecule has 0 saturated carbocycles. The average Bonchev–Trinajstić information content (AvgIpc) is 3.09. The molecule has 2 aliphatic heterocycles. The van der Waals surface area contributed by atoms with E-state index in [4.69, 9.17) is 0 Å². The molecule has 2 fully saturated rings. The predicted octanol–water partition coefficient (Wildman–Crippen LogP) is 1.85. The molecular formula is C17H24N2O3S. The Bertz CT molecular complexity index is 639. The zero-order chi connectivity index (χ0) is 16.3. The first-order chi connectivity index (χ1) is 11.1. The van der Waals surface area contributed by atoms with Crippen LogP contribution in [-0.2, 0) is 20.6 Å². The smallest absolute Gasteiger partial charge is 0.227 e. The Balaban J connectivity index is 1.66. The van der Waals surface area contributed by atoms with Crippen molar-refractivity contribution in [2.24, 2.45) is 5.92 Å². The normalized spacial score (nSPS) is 23.1. The molecule has 2 aliphatic rings. The quantitative estimate of drug-likeness (QED) is 0.843. The summed E-state index contributed by atoms with van der Waals surface area (Å²) in [5.41, 5.74) is 0.792. The van der Waals surface area contributed by atoms with Crippen molar-refractivity contribution < 1.29 is 13.2 Å². The van der Waals surface area contributed by atoms with Crippen molar-refractivity contribution in [3.8, 4) is 0 Å². The monoisotopic (exact) mass is 336 g/mol. The summed E-state index contributed by atoms with van der Waals surface area (Å²) in [5.74, 6) is -0.0205. The molecule has 0 spiro atoms. The minimum absolute atomic E-state index is 0.0124. The highest BCUT2D eigenvalue weighted by Crippen LogP contribution is 2.24. The van der Waals surface area contributed by atoms with Crippen molar-refractivity contribution >= 4 is 15.9 Å². The fourth-order valence-electron chi connectivity index (χ4n) is 3.47. The van der Waals surface area contributed by atoms with Crippen molar-refractivity contribution in [2.45, 2.75) is 31.4 Å². The molecule has 0 aromatic heterocycles. The summed E-state index contributed by atoms with van der Waals surface area (Å²) in [6.45, 7) is 2.52. The van der Waals surface area contributed by atoms with Crippen molar-refractivity contribution in [2.75, 3.05) is 26.2 Å². The van der Waals surface area contributed by atoms with Gasteiger partial charge in [0.15, 0.2) is 0 Å². The number of hydrogen-bond acceptors (Lipinski definition) is 3. The van der Waals surface area contributed by atoms with Gasteiger partial charge >= 0.3 is 0 Å². The van der Waals surface area contributed by atoms with Gasteiger partial charge in [-0.05, 0) is 31.2 Å². The molecule has 2 saturated heterocycles. The van der Waals surface area contributed by atoms with Crippen LogP contribution in [0.1, 0.15) is 31.2 Å². The van der Waals surface area contributed by atoms with Crippen LogP contribution in [-0.4, -0.2) is 49.7 Å². The van der Waals surface area contributed by atoms with Crippen LogP contribution >= 0.6 is 0 Å². The molecule has 0 bridgehead atoms. The topological polar surface area (TPSA) is 57.7 Å². The summed E-state index contributed by atoms with van der Waals surface area (Å²) in [6.07, 6.45) is 3.69. The molecule has 126 valence electrons. The number of piperidine rings is 1. The molecule has 2 heterocycles. The summed E-state index contributed by atoms with van der Waals surface area (Å²) in [7, 11) is -3.36. The van der Waals surface area contributed by atoms with Crippen LogP contribution in [0.25, 0.3) is 0 Å². The molecule has 0 aliphatic carbocycles. The number of amides is 1. The second-order valence-electron chi connectivity index (χ2n) is 6.47. The number of likely N-dealkylation sites (tertiary alicyclic amines) is 1. The Morgan fingerprint density at radius 1 is 1.04 bits per heavy atom. The van der Waals surface area contributed by atoms with Crippen LogP contribution in [0.2, 0.25) is 0 Å². The van der Waals surface area contributed by atoms with Crippen LogP contribution in [0.15, 0.2) is 30.3 Å². The van der Waals surface area contributed by atoms with Crippen LogP contribution in [0.5, 0.6) is 0 Å². The van der Waals surface area contributed by atoms with Gasteiger partial charge in [0.05, 0.1) is 11.7 Å². The summed E-state index contributed by atoms with van der Waals surface area (Å²) in [5, 5.41) is 0. The van der Waals surface area contributed by atoms with Gasteiger partial charge < -0.3 is 4.90 Å². The summed E-state index contributed by atoms with van der Waals surface area (Å²) in [6, 6.07) is 9.23. The third-order valence-corrected chi connectivity index (χ3v) is 6.55. The third kappa shape index (κ3) is 3.93. The number of nitrogens with zero attached hydrogens (tertiary/aromatic N) is 2. The lowest BCUT2D eigenvalue weighted by Gasteiger charge is -2.33. The molecular weight excluding hydrogens is 312 g/mol. The standard InChI is InChI=1S/C17H24N2O3S/c20-17(18-10-4-5-11-18)16-9-6-12-19(13-16)23(21,22)14-15-7-2-1-3-8-15/h1-3,7-8,16H,4-6,9-14H2/t16-/m1/s1. The Morgan fingerprint density at radius 3 is 2.43 bits per heavy atom. The maximum atomic E-state index is 12.6. The molecule has 0 unspecified atom stereocenters. The fourth-order valence-corrected chi connectivity index (χ4v) is 5.08. The Kier molecular flexibility index (Phi) is 5.02. The Labute approximate surface area is 138 Å². The minimum Gasteiger partial charge on any atom is -0.342 e. The molecule has 1 aromatic carbocycles. The number of benzene rings is 1. The van der Waals surface area contributed by atoms with Gasteiger partial charge in [0.2, 0.25) is 15.9 Å². The average molecular weight is 336 g/mol. The van der Waals surface area contributed by atoms with Gasteiger partial charge in [-0.25, -0.2) is 12.7 Å². The van der Waals surface area contributed by atoms with E-state index in [2.05, 4.69) is 0 Å². The first-order valence-electron chi connectivity index (χ1n) is 8.37. The number of carbonyl (C=O) groups is 1. The van der Waals surface area contributed by atoms with Gasteiger partial charge in [-0.1, -0.05) is 30.3 Å². The predicted molar refractivity (Wildman–Crippen MR) is 89.2 cm³/mol. The summed E-state index contributed by atoms with van der Waals surface area (Å²) < 4.78 is 26.8. The van der Waals surface area contributed by atoms with E-state index >= 15 is 0 Å². The molecule has 1 aromatic rings. The van der Waals surface area contributed by atoms with E-state index in [-0.39, 0.29) is 17.6 Å². The molecule has 1 atom stereocenters. The van der Waals surface area contributed by atoms with Gasteiger partial charge in [0, 0.05) is 26.2 Å². The maximum Gasteiger partial charge on any atom is 0.227 e. The number of carbonyl (C=O) groups excluding carboxylic acids is 1. The highest BCUT2D eigenvalue weighted by molar-refractivity contribution is 7.88. The number of sulfonamides is 1. The van der Waals surface area contributed by atoms with Crippen molar-refractivity contribution in [3.05, 3.63) is 35.9 Å².